The summed E-state index contributed by atoms with van der Waals surface area (Å²) in [5, 5.41) is 0. The van der Waals surface area contributed by atoms with E-state index in [0.717, 1.165) is 30.6 Å². The van der Waals surface area contributed by atoms with Crippen LogP contribution in [0, 0.1) is 40.4 Å². The van der Waals surface area contributed by atoms with Gasteiger partial charge in [-0.3, -0.25) is 4.79 Å². The highest BCUT2D eigenvalue weighted by atomic mass is 16.6. The molecule has 0 heterocycles. The van der Waals surface area contributed by atoms with Gasteiger partial charge in [-0.05, 0) is 67.6 Å². The molecule has 0 aromatic heterocycles. The molecular weight excluding hydrogens is 296 g/mol. The van der Waals surface area contributed by atoms with Crippen LogP contribution in [0.5, 0.6) is 0 Å². The fourth-order valence-corrected chi connectivity index (χ4v) is 6.16. The second kappa shape index (κ2) is 5.74. The summed E-state index contributed by atoms with van der Waals surface area (Å²) >= 11 is 0. The third kappa shape index (κ3) is 3.27. The zero-order chi connectivity index (χ0) is 17.9. The van der Waals surface area contributed by atoms with Crippen LogP contribution in [0.15, 0.2) is 0 Å². The Balaban J connectivity index is 1.73. The van der Waals surface area contributed by atoms with Gasteiger partial charge in [-0.2, -0.15) is 0 Å². The number of ether oxygens (including phenoxy) is 1. The maximum atomic E-state index is 13.2. The predicted molar refractivity (Wildman–Crippen MR) is 98.6 cm³/mol. The highest BCUT2D eigenvalue weighted by Crippen LogP contribution is 2.63. The van der Waals surface area contributed by atoms with Crippen LogP contribution in [-0.4, -0.2) is 11.6 Å². The topological polar surface area (TPSA) is 26.3 Å². The van der Waals surface area contributed by atoms with E-state index in [-0.39, 0.29) is 28.3 Å². The smallest absolute Gasteiger partial charge is 0.310 e. The minimum atomic E-state index is -0.200. The first-order valence-electron chi connectivity index (χ1n) is 10.1. The van der Waals surface area contributed by atoms with Crippen LogP contribution in [-0.2, 0) is 9.53 Å². The molecule has 3 fully saturated rings. The quantitative estimate of drug-likeness (QED) is 0.606. The van der Waals surface area contributed by atoms with Crippen molar-refractivity contribution in [2.75, 3.05) is 0 Å². The molecule has 2 nitrogen and oxygen atoms in total. The minimum absolute atomic E-state index is 0.0205. The van der Waals surface area contributed by atoms with Crippen molar-refractivity contribution in [1.82, 2.24) is 0 Å². The number of fused-ring (bicyclic) bond motifs is 5. The fourth-order valence-electron chi connectivity index (χ4n) is 6.16. The highest BCUT2D eigenvalue weighted by molar-refractivity contribution is 5.74. The van der Waals surface area contributed by atoms with Gasteiger partial charge < -0.3 is 4.74 Å². The average Bonchev–Trinajstić information content (AvgIpc) is 3.03. The molecule has 2 bridgehead atoms. The van der Waals surface area contributed by atoms with Gasteiger partial charge >= 0.3 is 5.97 Å². The maximum Gasteiger partial charge on any atom is 0.310 e. The number of carbonyl (C=O) groups excluding carboxylic acids is 1. The summed E-state index contributed by atoms with van der Waals surface area (Å²) in [6.07, 6.45) is 7.48. The number of esters is 1. The number of hydrogen-bond donors (Lipinski definition) is 0. The van der Waals surface area contributed by atoms with Crippen LogP contribution < -0.4 is 0 Å². The van der Waals surface area contributed by atoms with Crippen LogP contribution in [0.1, 0.15) is 87.0 Å². The van der Waals surface area contributed by atoms with Crippen molar-refractivity contribution < 1.29 is 9.53 Å². The van der Waals surface area contributed by atoms with Crippen LogP contribution in [0.4, 0.5) is 0 Å². The van der Waals surface area contributed by atoms with Crippen molar-refractivity contribution in [3.05, 3.63) is 0 Å². The van der Waals surface area contributed by atoms with Gasteiger partial charge in [0.05, 0.1) is 5.92 Å². The van der Waals surface area contributed by atoms with E-state index in [4.69, 9.17) is 4.74 Å². The van der Waals surface area contributed by atoms with E-state index >= 15 is 0 Å². The third-order valence-electron chi connectivity index (χ3n) is 7.24. The molecule has 3 saturated carbocycles. The second-order valence-corrected chi connectivity index (χ2v) is 11.5. The SMILES string of the molecule is CC(C)(C)C[C@H](C(=O)OC1(C)CC2CC1C1CCCC21)C(C)(C)C. The Labute approximate surface area is 149 Å². The first-order valence-corrected chi connectivity index (χ1v) is 10.1. The Morgan fingerprint density at radius 3 is 2.33 bits per heavy atom. The Hall–Kier alpha value is -0.530. The summed E-state index contributed by atoms with van der Waals surface area (Å²) in [5.41, 5.74) is -0.105. The van der Waals surface area contributed by atoms with Crippen molar-refractivity contribution >= 4 is 5.97 Å². The lowest BCUT2D eigenvalue weighted by atomic mass is 9.71. The largest absolute Gasteiger partial charge is 0.459 e. The molecule has 6 atom stereocenters. The Morgan fingerprint density at radius 2 is 1.75 bits per heavy atom. The number of carbonyl (C=O) groups is 1. The van der Waals surface area contributed by atoms with E-state index in [0.29, 0.717) is 5.92 Å². The summed E-state index contributed by atoms with van der Waals surface area (Å²) < 4.78 is 6.34. The molecule has 0 amide bonds. The molecule has 3 aliphatic rings. The van der Waals surface area contributed by atoms with E-state index in [1.807, 2.05) is 0 Å². The van der Waals surface area contributed by atoms with Crippen molar-refractivity contribution in [1.29, 1.82) is 0 Å². The van der Waals surface area contributed by atoms with Crippen LogP contribution in [0.2, 0.25) is 0 Å². The molecule has 0 radical (unpaired) electrons. The van der Waals surface area contributed by atoms with Gasteiger partial charge in [0.25, 0.3) is 0 Å². The lowest BCUT2D eigenvalue weighted by Crippen LogP contribution is -2.45. The highest BCUT2D eigenvalue weighted by Gasteiger charge is 2.61. The lowest BCUT2D eigenvalue weighted by molar-refractivity contribution is -0.177. The number of hydrogen-bond acceptors (Lipinski definition) is 2. The summed E-state index contributed by atoms with van der Waals surface area (Å²) in [6.45, 7) is 15.5. The second-order valence-electron chi connectivity index (χ2n) is 11.5. The molecular formula is C22H38O2. The first-order chi connectivity index (χ1) is 10.9. The van der Waals surface area contributed by atoms with Gasteiger partial charge in [-0.1, -0.05) is 48.0 Å². The summed E-state index contributed by atoms with van der Waals surface area (Å²) in [4.78, 5) is 13.2. The van der Waals surface area contributed by atoms with Crippen LogP contribution >= 0.6 is 0 Å². The molecule has 5 unspecified atom stereocenters. The molecule has 0 saturated heterocycles. The Morgan fingerprint density at radius 1 is 1.12 bits per heavy atom. The average molecular weight is 335 g/mol. The third-order valence-corrected chi connectivity index (χ3v) is 7.24. The van der Waals surface area contributed by atoms with E-state index in [1.165, 1.54) is 25.7 Å². The van der Waals surface area contributed by atoms with Crippen LogP contribution in [0.3, 0.4) is 0 Å². The molecule has 2 heteroatoms. The summed E-state index contributed by atoms with van der Waals surface area (Å²) in [5.74, 6) is 3.24. The molecule has 24 heavy (non-hydrogen) atoms. The molecule has 0 spiro atoms. The maximum absolute atomic E-state index is 13.2. The molecule has 138 valence electrons. The van der Waals surface area contributed by atoms with Gasteiger partial charge in [0.15, 0.2) is 0 Å². The Bertz CT molecular complexity index is 495. The van der Waals surface area contributed by atoms with Crippen molar-refractivity contribution in [2.24, 2.45) is 40.4 Å². The Kier molecular flexibility index (Phi) is 4.37. The van der Waals surface area contributed by atoms with Crippen molar-refractivity contribution in [3.8, 4) is 0 Å². The van der Waals surface area contributed by atoms with Gasteiger partial charge in [0.2, 0.25) is 0 Å². The molecule has 0 aromatic carbocycles. The summed E-state index contributed by atoms with van der Waals surface area (Å²) in [6, 6.07) is 0. The van der Waals surface area contributed by atoms with Gasteiger partial charge in [-0.15, -0.1) is 0 Å². The zero-order valence-corrected chi connectivity index (χ0v) is 16.9. The van der Waals surface area contributed by atoms with E-state index < -0.39 is 0 Å². The first kappa shape index (κ1) is 18.3. The zero-order valence-electron chi connectivity index (χ0n) is 16.9. The molecule has 0 N–H and O–H groups in total. The molecule has 3 rings (SSSR count). The summed E-state index contributed by atoms with van der Waals surface area (Å²) in [7, 11) is 0. The van der Waals surface area contributed by atoms with Gasteiger partial charge in [0.1, 0.15) is 5.60 Å². The van der Waals surface area contributed by atoms with Gasteiger partial charge in [-0.25, -0.2) is 0 Å². The van der Waals surface area contributed by atoms with E-state index in [9.17, 15) is 4.79 Å². The molecule has 0 aliphatic heterocycles. The lowest BCUT2D eigenvalue weighted by Gasteiger charge is -2.42. The van der Waals surface area contributed by atoms with Crippen LogP contribution in [0.25, 0.3) is 0 Å². The van der Waals surface area contributed by atoms with Crippen molar-refractivity contribution in [2.45, 2.75) is 92.6 Å². The monoisotopic (exact) mass is 334 g/mol. The van der Waals surface area contributed by atoms with E-state index in [2.05, 4.69) is 48.5 Å². The molecule has 3 aliphatic carbocycles. The van der Waals surface area contributed by atoms with E-state index in [1.54, 1.807) is 0 Å². The van der Waals surface area contributed by atoms with Gasteiger partial charge in [0, 0.05) is 5.92 Å². The normalized spacial score (nSPS) is 39.8. The van der Waals surface area contributed by atoms with Crippen molar-refractivity contribution in [3.63, 3.8) is 0 Å². The standard InChI is InChI=1S/C22H38O2/c1-20(2,3)13-18(21(4,5)6)19(23)24-22(7)12-14-11-17(22)16-10-8-9-15(14)16/h14-18H,8-13H2,1-7H3/t14?,15?,16?,17?,18-,22?/m1/s1. The molecule has 0 aromatic rings. The fraction of sp³-hybridized carbons (Fsp3) is 0.955. The minimum Gasteiger partial charge on any atom is -0.459 e. The predicted octanol–water partition coefficient (Wildman–Crippen LogP) is 5.84. The number of rotatable bonds is 3.